The first-order valence-electron chi connectivity index (χ1n) is 6.31. The normalized spacial score (nSPS) is 16.8. The molecule has 0 radical (unpaired) electrons. The van der Waals surface area contributed by atoms with Crippen LogP contribution in [0.4, 0.5) is 17.3 Å². The summed E-state index contributed by atoms with van der Waals surface area (Å²) in [4.78, 5) is 2.14. The van der Waals surface area contributed by atoms with Crippen molar-refractivity contribution in [1.82, 2.24) is 4.90 Å². The van der Waals surface area contributed by atoms with Gasteiger partial charge in [-0.2, -0.15) is 0 Å². The number of hydrogen-bond donors (Lipinski definition) is 0. The van der Waals surface area contributed by atoms with Gasteiger partial charge in [-0.1, -0.05) is 5.46 Å². The molecule has 1 saturated heterocycles. The number of nitrogens with zero attached hydrogens (tertiary/aromatic N) is 1. The third-order valence-electron chi connectivity index (χ3n) is 3.19. The third kappa shape index (κ3) is 3.86. The van der Waals surface area contributed by atoms with E-state index in [1.807, 2.05) is 0 Å². The summed E-state index contributed by atoms with van der Waals surface area (Å²) >= 11 is 0. The Balaban J connectivity index is 1.98. The van der Waals surface area contributed by atoms with Gasteiger partial charge in [0.15, 0.2) is 0 Å². The molecule has 2 nitrogen and oxygen atoms in total. The van der Waals surface area contributed by atoms with Crippen LogP contribution in [0.1, 0.15) is 12.8 Å². The highest BCUT2D eigenvalue weighted by Crippen LogP contribution is 2.19. The molecule has 1 heterocycles. The van der Waals surface area contributed by atoms with Crippen LogP contribution >= 0.6 is 0 Å². The van der Waals surface area contributed by atoms with E-state index in [0.717, 1.165) is 38.1 Å². The van der Waals surface area contributed by atoms with Crippen LogP contribution in [0.3, 0.4) is 0 Å². The Bertz CT molecular complexity index is 432. The van der Waals surface area contributed by atoms with E-state index in [9.17, 15) is 17.3 Å². The molecule has 1 aliphatic rings. The van der Waals surface area contributed by atoms with Gasteiger partial charge in [0.1, 0.15) is 12.4 Å². The van der Waals surface area contributed by atoms with Crippen LogP contribution in [0.25, 0.3) is 0 Å². The number of likely N-dealkylation sites (tertiary alicyclic amines) is 1. The fourth-order valence-electron chi connectivity index (χ4n) is 2.20. The van der Waals surface area contributed by atoms with Crippen molar-refractivity contribution in [1.29, 1.82) is 0 Å². The first-order chi connectivity index (χ1) is 8.97. The first kappa shape index (κ1) is 14.2. The van der Waals surface area contributed by atoms with Crippen molar-refractivity contribution in [3.05, 3.63) is 24.0 Å². The van der Waals surface area contributed by atoms with E-state index in [1.165, 1.54) is 0 Å². The highest BCUT2D eigenvalue weighted by molar-refractivity contribution is 6.74. The monoisotopic (exact) mass is 276 g/mol. The molecule has 7 heteroatoms. The zero-order valence-electron chi connectivity index (χ0n) is 10.4. The highest BCUT2D eigenvalue weighted by Gasteiger charge is 2.29. The summed E-state index contributed by atoms with van der Waals surface area (Å²) < 4.78 is 56.3. The number of halogens is 4. The Kier molecular flexibility index (Phi) is 4.34. The quantitative estimate of drug-likeness (QED) is 0.604. The van der Waals surface area contributed by atoms with E-state index in [4.69, 9.17) is 4.74 Å². The molecule has 1 aliphatic heterocycles. The molecule has 1 aromatic carbocycles. The van der Waals surface area contributed by atoms with Crippen molar-refractivity contribution >= 4 is 12.4 Å². The molecule has 0 aliphatic carbocycles. The Hall–Kier alpha value is -1.24. The van der Waals surface area contributed by atoms with E-state index in [0.29, 0.717) is 12.6 Å². The lowest BCUT2D eigenvalue weighted by atomic mass is 9.79. The minimum atomic E-state index is -5.26. The van der Waals surface area contributed by atoms with Crippen LogP contribution in [-0.4, -0.2) is 38.1 Å². The molecule has 0 bridgehead atoms. The average molecular weight is 276 g/mol. The van der Waals surface area contributed by atoms with E-state index >= 15 is 0 Å². The highest BCUT2D eigenvalue weighted by atomic mass is 19.4. The topological polar surface area (TPSA) is 12.5 Å². The van der Waals surface area contributed by atoms with E-state index in [-0.39, 0.29) is 12.4 Å². The minimum absolute atomic E-state index is 0.185. The Morgan fingerprint density at radius 1 is 1.16 bits per heavy atom. The van der Waals surface area contributed by atoms with Gasteiger partial charge in [-0.3, -0.25) is 4.90 Å². The smallest absolute Gasteiger partial charge is 0.495 e. The van der Waals surface area contributed by atoms with E-state index < -0.39 is 18.3 Å². The van der Waals surface area contributed by atoms with Gasteiger partial charge in [0, 0.05) is 6.54 Å². The number of ether oxygens (including phenoxy) is 1. The second kappa shape index (κ2) is 5.82. The van der Waals surface area contributed by atoms with Crippen molar-refractivity contribution in [2.24, 2.45) is 0 Å². The lowest BCUT2D eigenvalue weighted by Crippen LogP contribution is -2.36. The van der Waals surface area contributed by atoms with Crippen LogP contribution in [-0.2, 0) is 0 Å². The van der Waals surface area contributed by atoms with Gasteiger partial charge in [0.25, 0.3) is 0 Å². The summed E-state index contributed by atoms with van der Waals surface area (Å²) in [5, 5.41) is 0. The molecule has 0 N–H and O–H groups in total. The Morgan fingerprint density at radius 3 is 2.47 bits per heavy atom. The molecule has 0 atom stereocenters. The number of benzene rings is 1. The van der Waals surface area contributed by atoms with Gasteiger partial charge < -0.3 is 17.7 Å². The molecule has 0 aromatic heterocycles. The zero-order chi connectivity index (χ0) is 13.9. The SMILES string of the molecule is Fc1ccc(OCCN2CCCC2)c([B-](F)(F)F)c1. The van der Waals surface area contributed by atoms with E-state index in [1.54, 1.807) is 0 Å². The lowest BCUT2D eigenvalue weighted by molar-refractivity contribution is 0.238. The fourth-order valence-corrected chi connectivity index (χ4v) is 2.20. The molecule has 0 unspecified atom stereocenters. The maximum atomic E-state index is 12.9. The van der Waals surface area contributed by atoms with Crippen LogP contribution in [0.5, 0.6) is 5.75 Å². The summed E-state index contributed by atoms with van der Waals surface area (Å²) in [6, 6.07) is 2.52. The first-order valence-corrected chi connectivity index (χ1v) is 6.31. The maximum Gasteiger partial charge on any atom is 0.513 e. The van der Waals surface area contributed by atoms with E-state index in [2.05, 4.69) is 4.90 Å². The van der Waals surface area contributed by atoms with Crippen molar-refractivity contribution < 1.29 is 22.1 Å². The maximum absolute atomic E-state index is 12.9. The summed E-state index contributed by atoms with van der Waals surface area (Å²) in [6.07, 6.45) is 2.24. The number of rotatable bonds is 5. The minimum Gasteiger partial charge on any atom is -0.495 e. The van der Waals surface area contributed by atoms with Gasteiger partial charge in [0.05, 0.1) is 5.75 Å². The van der Waals surface area contributed by atoms with Crippen LogP contribution in [0.2, 0.25) is 0 Å². The van der Waals surface area contributed by atoms with Gasteiger partial charge in [-0.25, -0.2) is 4.39 Å². The van der Waals surface area contributed by atoms with Crippen LogP contribution in [0.15, 0.2) is 18.2 Å². The molecule has 0 spiro atoms. The second-order valence-corrected chi connectivity index (χ2v) is 4.65. The van der Waals surface area contributed by atoms with Crippen molar-refractivity contribution in [3.63, 3.8) is 0 Å². The largest absolute Gasteiger partial charge is 0.513 e. The van der Waals surface area contributed by atoms with Crippen molar-refractivity contribution in [2.45, 2.75) is 12.8 Å². The van der Waals surface area contributed by atoms with Gasteiger partial charge in [0.2, 0.25) is 0 Å². The summed E-state index contributed by atoms with van der Waals surface area (Å²) in [5.41, 5.74) is -0.999. The fraction of sp³-hybridized carbons (Fsp3) is 0.500. The number of hydrogen-bond acceptors (Lipinski definition) is 2. The van der Waals surface area contributed by atoms with Crippen molar-refractivity contribution in [3.8, 4) is 5.75 Å². The average Bonchev–Trinajstić information content (AvgIpc) is 2.83. The molecule has 1 fully saturated rings. The summed E-state index contributed by atoms with van der Waals surface area (Å²) in [5.74, 6) is -1.19. The summed E-state index contributed by atoms with van der Waals surface area (Å²) in [7, 11) is 0. The molecular weight excluding hydrogens is 261 g/mol. The van der Waals surface area contributed by atoms with Crippen molar-refractivity contribution in [2.75, 3.05) is 26.2 Å². The molecule has 2 rings (SSSR count). The van der Waals surface area contributed by atoms with Crippen LogP contribution < -0.4 is 10.2 Å². The molecule has 19 heavy (non-hydrogen) atoms. The Labute approximate surface area is 109 Å². The van der Waals surface area contributed by atoms with Gasteiger partial charge in [-0.05, 0) is 44.1 Å². The third-order valence-corrected chi connectivity index (χ3v) is 3.19. The Morgan fingerprint density at radius 2 is 1.84 bits per heavy atom. The lowest BCUT2D eigenvalue weighted by Gasteiger charge is -2.21. The molecular formula is C12H15BF4NO-. The predicted octanol–water partition coefficient (Wildman–Crippen LogP) is 2.35. The van der Waals surface area contributed by atoms with Gasteiger partial charge in [-0.15, -0.1) is 0 Å². The van der Waals surface area contributed by atoms with Gasteiger partial charge >= 0.3 is 6.98 Å². The molecule has 0 amide bonds. The molecule has 0 saturated carbocycles. The second-order valence-electron chi connectivity index (χ2n) is 4.65. The molecule has 1 aromatic rings. The zero-order valence-corrected chi connectivity index (χ0v) is 10.4. The van der Waals surface area contributed by atoms with Crippen LogP contribution in [0, 0.1) is 5.82 Å². The molecule has 106 valence electrons. The predicted molar refractivity (Wildman–Crippen MR) is 66.3 cm³/mol. The summed E-state index contributed by atoms with van der Waals surface area (Å²) in [6.45, 7) is -2.56. The standard InChI is InChI=1S/C12H15BF4NO/c14-10-3-4-12(11(9-10)13(15,16)17)19-8-7-18-5-1-2-6-18/h3-4,9H,1-2,5-8H2/q-1.